The topological polar surface area (TPSA) is 128 Å². The number of nitrogens with one attached hydrogen (secondary N) is 1. The van der Waals surface area contributed by atoms with Crippen molar-refractivity contribution in [1.29, 1.82) is 0 Å². The minimum absolute atomic E-state index is 0.230. The predicted molar refractivity (Wildman–Crippen MR) is 81.0 cm³/mol. The van der Waals surface area contributed by atoms with Crippen LogP contribution in [0.3, 0.4) is 0 Å². The Kier molecular flexibility index (Phi) is 4.40. The van der Waals surface area contributed by atoms with Gasteiger partial charge in [0.25, 0.3) is 0 Å². The van der Waals surface area contributed by atoms with E-state index in [1.807, 2.05) is 0 Å². The highest BCUT2D eigenvalue weighted by atomic mass is 16.6. The summed E-state index contributed by atoms with van der Waals surface area (Å²) in [5.74, 6) is -0.438. The average molecular weight is 335 g/mol. The summed E-state index contributed by atoms with van der Waals surface area (Å²) < 4.78 is 12.5. The molecule has 0 radical (unpaired) electrons. The quantitative estimate of drug-likeness (QED) is 0.725. The molecular weight excluding hydrogens is 318 g/mol. The van der Waals surface area contributed by atoms with Gasteiger partial charge < -0.3 is 24.5 Å². The number of esters is 1. The second kappa shape index (κ2) is 6.49. The fourth-order valence-electron chi connectivity index (χ4n) is 2.75. The zero-order chi connectivity index (χ0) is 17.3. The van der Waals surface area contributed by atoms with Crippen LogP contribution in [0.25, 0.3) is 11.2 Å². The van der Waals surface area contributed by atoms with Crippen LogP contribution < -0.4 is 5.32 Å². The zero-order valence-corrected chi connectivity index (χ0v) is 13.2. The number of imidazole rings is 1. The lowest BCUT2D eigenvalue weighted by Gasteiger charge is -2.22. The highest BCUT2D eigenvalue weighted by Crippen LogP contribution is 2.31. The maximum absolute atomic E-state index is 11.4. The van der Waals surface area contributed by atoms with Crippen LogP contribution in [0.4, 0.5) is 5.82 Å². The number of aromatic nitrogens is 4. The minimum Gasteiger partial charge on any atom is -0.457 e. The van der Waals surface area contributed by atoms with E-state index in [-0.39, 0.29) is 19.1 Å². The van der Waals surface area contributed by atoms with Crippen LogP contribution in [0.1, 0.15) is 19.9 Å². The number of amides is 1. The Balaban J connectivity index is 1.99. The van der Waals surface area contributed by atoms with Gasteiger partial charge in [-0.25, -0.2) is 15.0 Å². The molecular formula is C14H17N5O5. The summed E-state index contributed by atoms with van der Waals surface area (Å²) >= 11 is 0. The van der Waals surface area contributed by atoms with Crippen molar-refractivity contribution in [1.82, 2.24) is 19.5 Å². The first kappa shape index (κ1) is 16.3. The summed E-state index contributed by atoms with van der Waals surface area (Å²) in [5.41, 5.74) is 0.889. The summed E-state index contributed by atoms with van der Waals surface area (Å²) in [6, 6.07) is -0.392. The normalized spacial score (nSPS) is 23.4. The van der Waals surface area contributed by atoms with Crippen molar-refractivity contribution in [2.24, 2.45) is 0 Å². The molecule has 3 atom stereocenters. The highest BCUT2D eigenvalue weighted by Gasteiger charge is 2.41. The molecule has 2 aromatic heterocycles. The molecule has 3 heterocycles. The molecule has 0 spiro atoms. The number of aliphatic hydroxyl groups excluding tert-OH is 1. The monoisotopic (exact) mass is 335 g/mol. The second-order valence-corrected chi connectivity index (χ2v) is 5.42. The number of fused-ring (bicyclic) bond motifs is 1. The van der Waals surface area contributed by atoms with E-state index in [9.17, 15) is 14.7 Å². The maximum Gasteiger partial charge on any atom is 0.303 e. The van der Waals surface area contributed by atoms with E-state index < -0.39 is 24.2 Å². The molecule has 1 aliphatic heterocycles. The molecule has 2 aromatic rings. The SMILES string of the molecule is CC(=O)Nc1ncnc2c1ncn2[C@H]1CO[C@@H](CO)[C@@H]1OC(C)=O. The Bertz CT molecular complexity index is 776. The lowest BCUT2D eigenvalue weighted by atomic mass is 10.1. The van der Waals surface area contributed by atoms with Crippen LogP contribution in [0.5, 0.6) is 0 Å². The van der Waals surface area contributed by atoms with Crippen LogP contribution in [-0.4, -0.2) is 61.9 Å². The van der Waals surface area contributed by atoms with Crippen molar-refractivity contribution in [3.63, 3.8) is 0 Å². The molecule has 0 aromatic carbocycles. The van der Waals surface area contributed by atoms with E-state index in [2.05, 4.69) is 20.3 Å². The molecule has 0 unspecified atom stereocenters. The average Bonchev–Trinajstić information content (AvgIpc) is 3.10. The van der Waals surface area contributed by atoms with E-state index in [0.717, 1.165) is 0 Å². The first-order valence-electron chi connectivity index (χ1n) is 7.36. The lowest BCUT2D eigenvalue weighted by Crippen LogP contribution is -2.35. The van der Waals surface area contributed by atoms with Crippen molar-refractivity contribution in [3.05, 3.63) is 12.7 Å². The van der Waals surface area contributed by atoms with E-state index in [1.165, 1.54) is 26.5 Å². The fourth-order valence-corrected chi connectivity index (χ4v) is 2.75. The first-order chi connectivity index (χ1) is 11.5. The van der Waals surface area contributed by atoms with Gasteiger partial charge in [-0.15, -0.1) is 0 Å². The van der Waals surface area contributed by atoms with Gasteiger partial charge in [0.1, 0.15) is 12.4 Å². The second-order valence-electron chi connectivity index (χ2n) is 5.42. The van der Waals surface area contributed by atoms with Gasteiger partial charge in [-0.05, 0) is 0 Å². The molecule has 0 bridgehead atoms. The third-order valence-corrected chi connectivity index (χ3v) is 3.72. The molecule has 2 N–H and O–H groups in total. The Morgan fingerprint density at radius 2 is 2.21 bits per heavy atom. The molecule has 1 fully saturated rings. The minimum atomic E-state index is -0.663. The lowest BCUT2D eigenvalue weighted by molar-refractivity contribution is -0.151. The van der Waals surface area contributed by atoms with Crippen molar-refractivity contribution >= 4 is 28.9 Å². The molecule has 1 saturated heterocycles. The van der Waals surface area contributed by atoms with E-state index in [4.69, 9.17) is 9.47 Å². The number of anilines is 1. The van der Waals surface area contributed by atoms with E-state index >= 15 is 0 Å². The molecule has 10 heteroatoms. The molecule has 0 aliphatic carbocycles. The maximum atomic E-state index is 11.4. The van der Waals surface area contributed by atoms with Crippen molar-refractivity contribution in [2.75, 3.05) is 18.5 Å². The molecule has 3 rings (SSSR count). The van der Waals surface area contributed by atoms with Gasteiger partial charge in [-0.1, -0.05) is 0 Å². The number of carbonyl (C=O) groups excluding carboxylic acids is 2. The van der Waals surface area contributed by atoms with Gasteiger partial charge in [-0.3, -0.25) is 9.59 Å². The van der Waals surface area contributed by atoms with Gasteiger partial charge in [0, 0.05) is 13.8 Å². The summed E-state index contributed by atoms with van der Waals surface area (Å²) in [4.78, 5) is 35.1. The molecule has 10 nitrogen and oxygen atoms in total. The molecule has 0 saturated carbocycles. The summed E-state index contributed by atoms with van der Waals surface area (Å²) in [7, 11) is 0. The number of carbonyl (C=O) groups is 2. The Morgan fingerprint density at radius 1 is 1.42 bits per heavy atom. The van der Waals surface area contributed by atoms with Crippen LogP contribution >= 0.6 is 0 Å². The predicted octanol–water partition coefficient (Wildman–Crippen LogP) is -0.351. The number of hydrogen-bond donors (Lipinski definition) is 2. The fraction of sp³-hybridized carbons (Fsp3) is 0.500. The number of rotatable bonds is 4. The molecule has 1 amide bonds. The molecule has 128 valence electrons. The summed E-state index contributed by atoms with van der Waals surface area (Å²) in [6.45, 7) is 2.63. The van der Waals surface area contributed by atoms with Crippen LogP contribution in [0.15, 0.2) is 12.7 Å². The van der Waals surface area contributed by atoms with E-state index in [1.54, 1.807) is 4.57 Å². The number of nitrogens with zero attached hydrogens (tertiary/aromatic N) is 4. The van der Waals surface area contributed by atoms with E-state index in [0.29, 0.717) is 17.0 Å². The molecule has 1 aliphatic rings. The van der Waals surface area contributed by atoms with Gasteiger partial charge >= 0.3 is 5.97 Å². The van der Waals surface area contributed by atoms with Crippen molar-refractivity contribution in [3.8, 4) is 0 Å². The smallest absolute Gasteiger partial charge is 0.303 e. The zero-order valence-electron chi connectivity index (χ0n) is 13.2. The number of ether oxygens (including phenoxy) is 2. The number of hydrogen-bond acceptors (Lipinski definition) is 8. The first-order valence-corrected chi connectivity index (χ1v) is 7.36. The van der Waals surface area contributed by atoms with Crippen molar-refractivity contribution in [2.45, 2.75) is 32.1 Å². The van der Waals surface area contributed by atoms with Gasteiger partial charge in [-0.2, -0.15) is 0 Å². The Morgan fingerprint density at radius 3 is 2.88 bits per heavy atom. The van der Waals surface area contributed by atoms with Gasteiger partial charge in [0.05, 0.1) is 25.6 Å². The van der Waals surface area contributed by atoms with Gasteiger partial charge in [0.15, 0.2) is 23.1 Å². The molecule has 24 heavy (non-hydrogen) atoms. The third-order valence-electron chi connectivity index (χ3n) is 3.72. The van der Waals surface area contributed by atoms with Crippen LogP contribution in [0.2, 0.25) is 0 Å². The van der Waals surface area contributed by atoms with Gasteiger partial charge in [0.2, 0.25) is 5.91 Å². The Hall–Kier alpha value is -2.59. The Labute approximate surface area is 136 Å². The summed E-state index contributed by atoms with van der Waals surface area (Å²) in [5, 5.41) is 12.0. The van der Waals surface area contributed by atoms with Crippen LogP contribution in [-0.2, 0) is 19.1 Å². The van der Waals surface area contributed by atoms with Crippen LogP contribution in [0, 0.1) is 0 Å². The standard InChI is InChI=1S/C14H17N5O5/c1-7(21)18-13-11-14(16-5-15-13)19(6-17-11)9-4-23-10(3-20)12(9)24-8(2)22/h5-6,9-10,12,20H,3-4H2,1-2H3,(H,15,16,18,21)/t9-,10-,12+/m0/s1. The number of aliphatic hydroxyl groups is 1. The summed E-state index contributed by atoms with van der Waals surface area (Å²) in [6.07, 6.45) is 1.55. The highest BCUT2D eigenvalue weighted by molar-refractivity contribution is 5.95. The largest absolute Gasteiger partial charge is 0.457 e. The van der Waals surface area contributed by atoms with Crippen molar-refractivity contribution < 1.29 is 24.2 Å². The third kappa shape index (κ3) is 2.93.